The summed E-state index contributed by atoms with van der Waals surface area (Å²) in [6.07, 6.45) is 6.09. The van der Waals surface area contributed by atoms with E-state index in [1.54, 1.807) is 0 Å². The summed E-state index contributed by atoms with van der Waals surface area (Å²) in [6, 6.07) is 9.21. The number of aryl methyl sites for hydroxylation is 1. The topological polar surface area (TPSA) is 34.5 Å². The number of benzene rings is 1. The average Bonchev–Trinajstić information content (AvgIpc) is 2.98. The van der Waals surface area contributed by atoms with Gasteiger partial charge in [0.15, 0.2) is 0 Å². The maximum atomic E-state index is 11.9. The zero-order valence-electron chi connectivity index (χ0n) is 16.3. The first kappa shape index (κ1) is 17.6. The molecule has 4 heteroatoms. The van der Waals surface area contributed by atoms with Crippen LogP contribution < -0.4 is 0 Å². The second-order valence-corrected chi connectivity index (χ2v) is 8.02. The van der Waals surface area contributed by atoms with E-state index in [4.69, 9.17) is 4.74 Å². The third kappa shape index (κ3) is 2.58. The molecule has 0 amide bonds. The number of nitrogens with zero attached hydrogens (tertiary/aromatic N) is 2. The standard InChI is InChI=1S/C22H30N2O2/c1-4-22(13-10-19(25)26-3)12-7-14-24-15-11-17-16-8-5-6-9-18(16)23(2)20(17)21(22)24/h5-6,8-9,21H,4,7,10-15H2,1-3H3/t21-,22-/m1/s1. The highest BCUT2D eigenvalue weighted by molar-refractivity contribution is 5.86. The van der Waals surface area contributed by atoms with Crippen molar-refractivity contribution in [2.75, 3.05) is 20.2 Å². The fourth-order valence-corrected chi connectivity index (χ4v) is 5.61. The largest absolute Gasteiger partial charge is 0.469 e. The molecule has 1 aromatic carbocycles. The van der Waals surface area contributed by atoms with Gasteiger partial charge in [-0.3, -0.25) is 9.69 Å². The monoisotopic (exact) mass is 354 g/mol. The van der Waals surface area contributed by atoms with E-state index in [2.05, 4.69) is 47.7 Å². The van der Waals surface area contributed by atoms with Crippen molar-refractivity contribution in [2.24, 2.45) is 12.5 Å². The van der Waals surface area contributed by atoms with E-state index >= 15 is 0 Å². The number of rotatable bonds is 4. The fourth-order valence-electron chi connectivity index (χ4n) is 5.61. The lowest BCUT2D eigenvalue weighted by Crippen LogP contribution is -2.50. The Balaban J connectivity index is 1.82. The molecule has 0 unspecified atom stereocenters. The van der Waals surface area contributed by atoms with Crippen LogP contribution in [0.25, 0.3) is 10.9 Å². The number of ether oxygens (including phenoxy) is 1. The predicted octanol–water partition coefficient (Wildman–Crippen LogP) is 4.22. The summed E-state index contributed by atoms with van der Waals surface area (Å²) >= 11 is 0. The lowest BCUT2D eigenvalue weighted by Gasteiger charge is -2.52. The van der Waals surface area contributed by atoms with Crippen molar-refractivity contribution in [2.45, 2.75) is 51.5 Å². The molecule has 4 rings (SSSR count). The van der Waals surface area contributed by atoms with Crippen LogP contribution in [0.5, 0.6) is 0 Å². The van der Waals surface area contributed by atoms with Gasteiger partial charge in [0.2, 0.25) is 0 Å². The molecular formula is C22H30N2O2. The summed E-state index contributed by atoms with van der Waals surface area (Å²) < 4.78 is 7.38. The number of piperidine rings is 1. The van der Waals surface area contributed by atoms with Crippen molar-refractivity contribution in [1.29, 1.82) is 0 Å². The summed E-state index contributed by atoms with van der Waals surface area (Å²) in [5.41, 5.74) is 4.51. The summed E-state index contributed by atoms with van der Waals surface area (Å²) in [5, 5.41) is 1.41. The van der Waals surface area contributed by atoms with Gasteiger partial charge in [-0.25, -0.2) is 0 Å². The molecule has 3 heterocycles. The Bertz CT molecular complexity index is 825. The van der Waals surface area contributed by atoms with Crippen molar-refractivity contribution >= 4 is 16.9 Å². The van der Waals surface area contributed by atoms with E-state index in [1.807, 2.05) is 0 Å². The minimum Gasteiger partial charge on any atom is -0.469 e. The molecule has 2 aromatic rings. The Morgan fingerprint density at radius 1 is 1.31 bits per heavy atom. The number of fused-ring (bicyclic) bond motifs is 5. The SMILES string of the molecule is CC[C@]1(CCC(=O)OC)CCCN2CCc3c(n(C)c4ccccc34)[C@@H]21. The molecule has 1 fully saturated rings. The van der Waals surface area contributed by atoms with Crippen LogP contribution in [-0.2, 0) is 23.0 Å². The summed E-state index contributed by atoms with van der Waals surface area (Å²) in [7, 11) is 3.72. The smallest absolute Gasteiger partial charge is 0.305 e. The molecule has 1 saturated heterocycles. The van der Waals surface area contributed by atoms with Crippen molar-refractivity contribution in [3.8, 4) is 0 Å². The summed E-state index contributed by atoms with van der Waals surface area (Å²) in [5.74, 6) is -0.0805. The number of para-hydroxylation sites is 1. The first-order chi connectivity index (χ1) is 12.6. The molecule has 2 aliphatic heterocycles. The minimum absolute atomic E-state index is 0.0805. The Labute approximate surface area is 156 Å². The van der Waals surface area contributed by atoms with Crippen LogP contribution in [0.1, 0.15) is 56.3 Å². The Hall–Kier alpha value is -1.81. The highest BCUT2D eigenvalue weighted by Crippen LogP contribution is 2.54. The molecule has 0 radical (unpaired) electrons. The van der Waals surface area contributed by atoms with E-state index in [-0.39, 0.29) is 11.4 Å². The number of aromatic nitrogens is 1. The number of esters is 1. The molecule has 0 bridgehead atoms. The number of hydrogen-bond donors (Lipinski definition) is 0. The summed E-state index contributed by atoms with van der Waals surface area (Å²) in [6.45, 7) is 4.61. The van der Waals surface area contributed by atoms with Gasteiger partial charge in [0.1, 0.15) is 0 Å². The zero-order valence-corrected chi connectivity index (χ0v) is 16.3. The number of methoxy groups -OCH3 is 1. The predicted molar refractivity (Wildman–Crippen MR) is 104 cm³/mol. The number of carbonyl (C=O) groups excluding carboxylic acids is 1. The molecule has 0 N–H and O–H groups in total. The molecule has 0 spiro atoms. The molecule has 140 valence electrons. The van der Waals surface area contributed by atoms with E-state index in [0.29, 0.717) is 12.5 Å². The summed E-state index contributed by atoms with van der Waals surface area (Å²) in [4.78, 5) is 14.6. The van der Waals surface area contributed by atoms with Crippen molar-refractivity contribution in [1.82, 2.24) is 9.47 Å². The molecule has 2 atom stereocenters. The average molecular weight is 354 g/mol. The van der Waals surface area contributed by atoms with Gasteiger partial charge < -0.3 is 9.30 Å². The van der Waals surface area contributed by atoms with Crippen molar-refractivity contribution in [3.63, 3.8) is 0 Å². The van der Waals surface area contributed by atoms with Crippen LogP contribution in [0.3, 0.4) is 0 Å². The first-order valence-electron chi connectivity index (χ1n) is 9.98. The number of hydrogen-bond acceptors (Lipinski definition) is 3. The zero-order chi connectivity index (χ0) is 18.3. The van der Waals surface area contributed by atoms with Gasteiger partial charge in [-0.2, -0.15) is 0 Å². The molecule has 26 heavy (non-hydrogen) atoms. The normalized spacial score (nSPS) is 25.7. The Morgan fingerprint density at radius 2 is 2.12 bits per heavy atom. The Morgan fingerprint density at radius 3 is 2.88 bits per heavy atom. The van der Waals surface area contributed by atoms with Gasteiger partial charge >= 0.3 is 5.97 Å². The van der Waals surface area contributed by atoms with Gasteiger partial charge in [-0.05, 0) is 55.7 Å². The fraction of sp³-hybridized carbons (Fsp3) is 0.591. The highest BCUT2D eigenvalue weighted by atomic mass is 16.5. The van der Waals surface area contributed by atoms with Gasteiger partial charge in [-0.15, -0.1) is 0 Å². The molecular weight excluding hydrogens is 324 g/mol. The van der Waals surface area contributed by atoms with Gasteiger partial charge in [0, 0.05) is 36.6 Å². The van der Waals surface area contributed by atoms with Gasteiger partial charge in [-0.1, -0.05) is 25.1 Å². The molecule has 2 aliphatic rings. The van der Waals surface area contributed by atoms with Crippen molar-refractivity contribution in [3.05, 3.63) is 35.5 Å². The first-order valence-corrected chi connectivity index (χ1v) is 9.98. The highest BCUT2D eigenvalue weighted by Gasteiger charge is 2.48. The number of carbonyl (C=O) groups is 1. The van der Waals surface area contributed by atoms with E-state index in [9.17, 15) is 4.79 Å². The van der Waals surface area contributed by atoms with Crippen molar-refractivity contribution < 1.29 is 9.53 Å². The van der Waals surface area contributed by atoms with E-state index < -0.39 is 0 Å². The van der Waals surface area contributed by atoms with Crippen LogP contribution in [0.15, 0.2) is 24.3 Å². The van der Waals surface area contributed by atoms with Crippen LogP contribution in [0.2, 0.25) is 0 Å². The molecule has 1 aromatic heterocycles. The Kier molecular flexibility index (Phi) is 4.55. The van der Waals surface area contributed by atoms with Crippen LogP contribution in [0, 0.1) is 5.41 Å². The van der Waals surface area contributed by atoms with Crippen LogP contribution >= 0.6 is 0 Å². The second kappa shape index (κ2) is 6.73. The van der Waals surface area contributed by atoms with Crippen LogP contribution in [0.4, 0.5) is 0 Å². The lowest BCUT2D eigenvalue weighted by atomic mass is 9.65. The maximum Gasteiger partial charge on any atom is 0.305 e. The minimum atomic E-state index is -0.0805. The molecule has 4 nitrogen and oxygen atoms in total. The quantitative estimate of drug-likeness (QED) is 0.771. The van der Waals surface area contributed by atoms with Crippen LogP contribution in [-0.4, -0.2) is 35.6 Å². The van der Waals surface area contributed by atoms with E-state index in [1.165, 1.54) is 48.7 Å². The van der Waals surface area contributed by atoms with Gasteiger partial charge in [0.25, 0.3) is 0 Å². The third-order valence-corrected chi connectivity index (χ3v) is 6.99. The maximum absolute atomic E-state index is 11.9. The third-order valence-electron chi connectivity index (χ3n) is 6.99. The molecule has 0 aliphatic carbocycles. The lowest BCUT2D eigenvalue weighted by molar-refractivity contribution is -0.142. The van der Waals surface area contributed by atoms with Gasteiger partial charge in [0.05, 0.1) is 13.2 Å². The van der Waals surface area contributed by atoms with E-state index in [0.717, 1.165) is 25.8 Å². The second-order valence-electron chi connectivity index (χ2n) is 8.02. The molecule has 0 saturated carbocycles.